The molecule has 27 heavy (non-hydrogen) atoms. The van der Waals surface area contributed by atoms with Crippen LogP contribution in [-0.4, -0.2) is 37.7 Å². The zero-order valence-electron chi connectivity index (χ0n) is 14.7. The van der Waals surface area contributed by atoms with E-state index in [0.717, 1.165) is 10.2 Å². The second-order valence-corrected chi connectivity index (χ2v) is 6.73. The number of thiazole rings is 1. The summed E-state index contributed by atoms with van der Waals surface area (Å²) in [6.45, 7) is 4.28. The number of nitrogens with one attached hydrogen (secondary N) is 1. The van der Waals surface area contributed by atoms with Gasteiger partial charge in [0.25, 0.3) is 5.91 Å². The minimum atomic E-state index is -0.250. The van der Waals surface area contributed by atoms with Gasteiger partial charge in [-0.15, -0.1) is 5.10 Å². The summed E-state index contributed by atoms with van der Waals surface area (Å²) in [5.74, 6) is 1.10. The lowest BCUT2D eigenvalue weighted by atomic mass is 10.2. The van der Waals surface area contributed by atoms with Crippen LogP contribution < -0.4 is 10.1 Å². The minimum Gasteiger partial charge on any atom is -0.492 e. The first-order valence-corrected chi connectivity index (χ1v) is 9.16. The third-order valence-corrected chi connectivity index (χ3v) is 4.82. The Bertz CT molecular complexity index is 1120. The van der Waals surface area contributed by atoms with Crippen LogP contribution in [0.1, 0.15) is 23.1 Å². The van der Waals surface area contributed by atoms with Crippen molar-refractivity contribution in [3.63, 3.8) is 0 Å². The van der Waals surface area contributed by atoms with Gasteiger partial charge >= 0.3 is 0 Å². The third kappa shape index (κ3) is 3.36. The summed E-state index contributed by atoms with van der Waals surface area (Å²) in [5, 5.41) is 14.8. The molecule has 2 aromatic heterocycles. The first-order valence-electron chi connectivity index (χ1n) is 8.35. The highest BCUT2D eigenvalue weighted by molar-refractivity contribution is 7.22. The van der Waals surface area contributed by atoms with Gasteiger partial charge in [0.15, 0.2) is 11.0 Å². The molecule has 0 aliphatic rings. The maximum atomic E-state index is 12.7. The topological polar surface area (TPSA) is 94.8 Å². The molecule has 4 aromatic rings. The molecule has 0 aliphatic carbocycles. The number of ether oxygens (including phenoxy) is 1. The van der Waals surface area contributed by atoms with Gasteiger partial charge in [-0.25, -0.2) is 4.98 Å². The number of aromatic nitrogens is 5. The number of hydrogen-bond acceptors (Lipinski definition) is 7. The number of aryl methyl sites for hydroxylation is 1. The van der Waals surface area contributed by atoms with Crippen molar-refractivity contribution in [3.05, 3.63) is 53.9 Å². The number of carbonyl (C=O) groups is 1. The predicted molar refractivity (Wildman–Crippen MR) is 103 cm³/mol. The van der Waals surface area contributed by atoms with Crippen LogP contribution in [0.3, 0.4) is 0 Å². The second kappa shape index (κ2) is 7.12. The molecule has 0 bridgehead atoms. The third-order valence-electron chi connectivity index (χ3n) is 3.88. The van der Waals surface area contributed by atoms with Crippen LogP contribution in [0.4, 0.5) is 5.13 Å². The normalized spacial score (nSPS) is 10.9. The Morgan fingerprint density at radius 1 is 1.26 bits per heavy atom. The Morgan fingerprint density at radius 2 is 2.11 bits per heavy atom. The summed E-state index contributed by atoms with van der Waals surface area (Å²) in [4.78, 5) is 17.2. The van der Waals surface area contributed by atoms with E-state index in [1.807, 2.05) is 31.2 Å². The SMILES string of the molecule is CCOc1cccc2sc(NC(=O)c3cccc(-n4nnnc4C)c3)nc12. The minimum absolute atomic E-state index is 0.250. The molecular formula is C18H16N6O2S. The Morgan fingerprint density at radius 3 is 2.89 bits per heavy atom. The van der Waals surface area contributed by atoms with Crippen LogP contribution in [0.5, 0.6) is 5.75 Å². The standard InChI is InChI=1S/C18H16N6O2S/c1-3-26-14-8-5-9-15-16(14)19-18(27-15)20-17(25)12-6-4-7-13(10-12)24-11(2)21-22-23-24/h4-10H,3H2,1-2H3,(H,19,20,25). The Balaban J connectivity index is 1.60. The highest BCUT2D eigenvalue weighted by atomic mass is 32.1. The molecule has 1 amide bonds. The van der Waals surface area contributed by atoms with Crippen LogP contribution in [0.2, 0.25) is 0 Å². The molecule has 0 fully saturated rings. The summed E-state index contributed by atoms with van der Waals surface area (Å²) in [5.41, 5.74) is 1.96. The highest BCUT2D eigenvalue weighted by Crippen LogP contribution is 2.32. The van der Waals surface area contributed by atoms with Gasteiger partial charge in [-0.05, 0) is 54.6 Å². The molecule has 9 heteroatoms. The van der Waals surface area contributed by atoms with Crippen molar-refractivity contribution in [1.82, 2.24) is 25.2 Å². The number of fused-ring (bicyclic) bond motifs is 1. The number of carbonyl (C=O) groups excluding carboxylic acids is 1. The molecule has 136 valence electrons. The van der Waals surface area contributed by atoms with Crippen LogP contribution in [0.25, 0.3) is 15.9 Å². The molecule has 0 spiro atoms. The quantitative estimate of drug-likeness (QED) is 0.571. The molecule has 0 unspecified atom stereocenters. The summed E-state index contributed by atoms with van der Waals surface area (Å²) in [7, 11) is 0. The summed E-state index contributed by atoms with van der Waals surface area (Å²) >= 11 is 1.40. The maximum absolute atomic E-state index is 12.7. The van der Waals surface area contributed by atoms with Crippen molar-refractivity contribution >= 4 is 32.6 Å². The zero-order chi connectivity index (χ0) is 18.8. The molecule has 0 atom stereocenters. The Kier molecular flexibility index (Phi) is 4.51. The number of anilines is 1. The van der Waals surface area contributed by atoms with Gasteiger partial charge in [-0.1, -0.05) is 23.5 Å². The van der Waals surface area contributed by atoms with Crippen molar-refractivity contribution < 1.29 is 9.53 Å². The van der Waals surface area contributed by atoms with E-state index in [9.17, 15) is 4.79 Å². The number of benzene rings is 2. The lowest BCUT2D eigenvalue weighted by Crippen LogP contribution is -2.12. The summed E-state index contributed by atoms with van der Waals surface area (Å²) in [6, 6.07) is 12.8. The lowest BCUT2D eigenvalue weighted by molar-refractivity contribution is 0.102. The van der Waals surface area contributed by atoms with Gasteiger partial charge in [0.1, 0.15) is 11.3 Å². The number of rotatable bonds is 5. The molecule has 1 N–H and O–H groups in total. The molecular weight excluding hydrogens is 364 g/mol. The highest BCUT2D eigenvalue weighted by Gasteiger charge is 2.14. The molecule has 2 heterocycles. The smallest absolute Gasteiger partial charge is 0.257 e. The van der Waals surface area contributed by atoms with E-state index in [1.165, 1.54) is 11.3 Å². The fourth-order valence-electron chi connectivity index (χ4n) is 2.67. The molecule has 0 aliphatic heterocycles. The Hall–Kier alpha value is -3.33. The van der Waals surface area contributed by atoms with E-state index in [2.05, 4.69) is 25.8 Å². The van der Waals surface area contributed by atoms with Crippen LogP contribution >= 0.6 is 11.3 Å². The van der Waals surface area contributed by atoms with Crippen molar-refractivity contribution in [2.24, 2.45) is 0 Å². The average Bonchev–Trinajstić information content (AvgIpc) is 3.28. The van der Waals surface area contributed by atoms with Gasteiger partial charge in [-0.2, -0.15) is 4.68 Å². The number of tetrazole rings is 1. The van der Waals surface area contributed by atoms with Crippen LogP contribution in [0, 0.1) is 6.92 Å². The van der Waals surface area contributed by atoms with Gasteiger partial charge in [0.2, 0.25) is 0 Å². The van der Waals surface area contributed by atoms with Gasteiger partial charge in [0.05, 0.1) is 17.0 Å². The molecule has 0 saturated heterocycles. The molecule has 0 radical (unpaired) electrons. The van der Waals surface area contributed by atoms with Crippen molar-refractivity contribution in [1.29, 1.82) is 0 Å². The van der Waals surface area contributed by atoms with Crippen LogP contribution in [0.15, 0.2) is 42.5 Å². The largest absolute Gasteiger partial charge is 0.492 e. The molecule has 8 nitrogen and oxygen atoms in total. The van der Waals surface area contributed by atoms with Crippen molar-refractivity contribution in [3.8, 4) is 11.4 Å². The lowest BCUT2D eigenvalue weighted by Gasteiger charge is -2.05. The number of para-hydroxylation sites is 1. The van der Waals surface area contributed by atoms with E-state index in [-0.39, 0.29) is 5.91 Å². The van der Waals surface area contributed by atoms with E-state index in [0.29, 0.717) is 34.6 Å². The Labute approximate surface area is 158 Å². The van der Waals surface area contributed by atoms with E-state index in [1.54, 1.807) is 29.8 Å². The fourth-order valence-corrected chi connectivity index (χ4v) is 3.55. The van der Waals surface area contributed by atoms with Gasteiger partial charge < -0.3 is 4.74 Å². The van der Waals surface area contributed by atoms with Crippen LogP contribution in [-0.2, 0) is 0 Å². The number of hydrogen-bond donors (Lipinski definition) is 1. The number of nitrogens with zero attached hydrogens (tertiary/aromatic N) is 5. The summed E-state index contributed by atoms with van der Waals surface area (Å²) < 4.78 is 8.13. The first kappa shape index (κ1) is 17.1. The van der Waals surface area contributed by atoms with E-state index < -0.39 is 0 Å². The van der Waals surface area contributed by atoms with Gasteiger partial charge in [0, 0.05) is 5.56 Å². The first-order chi connectivity index (χ1) is 13.2. The maximum Gasteiger partial charge on any atom is 0.257 e. The van der Waals surface area contributed by atoms with Crippen molar-refractivity contribution in [2.45, 2.75) is 13.8 Å². The molecule has 2 aromatic carbocycles. The van der Waals surface area contributed by atoms with Crippen molar-refractivity contribution in [2.75, 3.05) is 11.9 Å². The average molecular weight is 380 g/mol. The van der Waals surface area contributed by atoms with E-state index >= 15 is 0 Å². The summed E-state index contributed by atoms with van der Waals surface area (Å²) in [6.07, 6.45) is 0. The zero-order valence-corrected chi connectivity index (χ0v) is 15.5. The number of amides is 1. The van der Waals surface area contributed by atoms with E-state index in [4.69, 9.17) is 4.74 Å². The monoisotopic (exact) mass is 380 g/mol. The fraction of sp³-hybridized carbons (Fsp3) is 0.167. The second-order valence-electron chi connectivity index (χ2n) is 5.70. The molecule has 4 rings (SSSR count). The molecule has 0 saturated carbocycles. The van der Waals surface area contributed by atoms with Gasteiger partial charge in [-0.3, -0.25) is 10.1 Å². The predicted octanol–water partition coefficient (Wildman–Crippen LogP) is 3.23.